The molecule has 2 amide bonds. The topological polar surface area (TPSA) is 136 Å². The van der Waals surface area contributed by atoms with Gasteiger partial charge in [0.25, 0.3) is 0 Å². The highest BCUT2D eigenvalue weighted by Crippen LogP contribution is 2.54. The summed E-state index contributed by atoms with van der Waals surface area (Å²) >= 11 is 0. The normalized spacial score (nSPS) is 22.3. The van der Waals surface area contributed by atoms with Gasteiger partial charge < -0.3 is 14.8 Å². The van der Waals surface area contributed by atoms with Crippen LogP contribution in [-0.2, 0) is 28.1 Å². The van der Waals surface area contributed by atoms with E-state index in [9.17, 15) is 9.59 Å². The smallest absolute Gasteiger partial charge is 0.243 e. The van der Waals surface area contributed by atoms with Crippen LogP contribution in [0.2, 0.25) is 0 Å². The Morgan fingerprint density at radius 1 is 0.800 bits per heavy atom. The van der Waals surface area contributed by atoms with E-state index in [0.717, 1.165) is 50.2 Å². The number of piperidine rings is 1. The molecule has 2 saturated carbocycles. The summed E-state index contributed by atoms with van der Waals surface area (Å²) in [5.41, 5.74) is 6.18. The van der Waals surface area contributed by atoms with Gasteiger partial charge in [-0.1, -0.05) is 30.3 Å². The molecule has 252 valence electrons. The Balaban J connectivity index is 0.758. The van der Waals surface area contributed by atoms with E-state index in [1.165, 1.54) is 27.1 Å². The first-order valence-electron chi connectivity index (χ1n) is 17.2. The monoisotopic (exact) mass is 668 g/mol. The summed E-state index contributed by atoms with van der Waals surface area (Å²) in [6.45, 7) is 1.46. The molecule has 0 spiro atoms. The van der Waals surface area contributed by atoms with Gasteiger partial charge in [0.1, 0.15) is 17.6 Å². The fourth-order valence-corrected chi connectivity index (χ4v) is 7.46. The Hall–Kier alpha value is -5.62. The lowest BCUT2D eigenvalue weighted by atomic mass is 9.87. The van der Waals surface area contributed by atoms with Gasteiger partial charge in [0, 0.05) is 55.6 Å². The first kappa shape index (κ1) is 30.4. The van der Waals surface area contributed by atoms with E-state index in [1.807, 2.05) is 12.1 Å². The number of nitrogens with zero attached hydrogens (tertiary/aromatic N) is 6. The molecular formula is C38H36N8O4. The van der Waals surface area contributed by atoms with Crippen molar-refractivity contribution in [2.75, 3.05) is 5.32 Å². The van der Waals surface area contributed by atoms with Crippen LogP contribution in [0.15, 0.2) is 91.3 Å². The van der Waals surface area contributed by atoms with Crippen LogP contribution >= 0.6 is 0 Å². The van der Waals surface area contributed by atoms with Gasteiger partial charge in [-0.2, -0.15) is 10.2 Å². The van der Waals surface area contributed by atoms with E-state index < -0.39 is 0 Å². The maximum Gasteiger partial charge on any atom is 0.243 e. The number of anilines is 1. The second kappa shape index (κ2) is 12.4. The molecule has 12 nitrogen and oxygen atoms in total. The highest BCUT2D eigenvalue weighted by atomic mass is 16.5. The van der Waals surface area contributed by atoms with Gasteiger partial charge in [0.05, 0.1) is 18.4 Å². The standard InChI is InChI=1S/C38H36N8O4/c47-35-13-11-33(37(48)42-35)45-22-24-1-6-28(19-25(24)23-45)41-29-20-32(21-29)49-30-7-2-26(3-8-30)38(15-16-38)27-4-9-31(10-5-27)50-36-14-12-34(43-44-36)46-39-17-18-40-46/h1-10,12,14,17-19,29,32-33,41H,11,13,15-16,20-23H2,(H,42,47,48). The van der Waals surface area contributed by atoms with Crippen LogP contribution in [0.4, 0.5) is 5.69 Å². The molecule has 4 aliphatic rings. The number of rotatable bonds is 10. The van der Waals surface area contributed by atoms with Gasteiger partial charge >= 0.3 is 0 Å². The van der Waals surface area contributed by atoms with Gasteiger partial charge in [0.2, 0.25) is 17.7 Å². The zero-order valence-electron chi connectivity index (χ0n) is 27.4. The van der Waals surface area contributed by atoms with Crippen LogP contribution in [0.3, 0.4) is 0 Å². The molecule has 1 unspecified atom stereocenters. The van der Waals surface area contributed by atoms with Crippen molar-refractivity contribution in [2.24, 2.45) is 0 Å². The third-order valence-electron chi connectivity index (χ3n) is 10.4. The Bertz CT molecular complexity index is 2020. The lowest BCUT2D eigenvalue weighted by Gasteiger charge is -2.36. The highest BCUT2D eigenvalue weighted by molar-refractivity contribution is 6.00. The number of amides is 2. The molecule has 2 N–H and O–H groups in total. The largest absolute Gasteiger partial charge is 0.490 e. The number of ether oxygens (including phenoxy) is 2. The van der Waals surface area contributed by atoms with Crippen molar-refractivity contribution in [2.45, 2.75) is 75.2 Å². The SMILES string of the molecule is O=C1CCC(N2Cc3ccc(NC4CC(Oc5ccc(C6(c7ccc(Oc8ccc(-n9nccn9)nn8)cc7)CC6)cc5)C4)cc3C2)C(=O)N1. The molecule has 0 bridgehead atoms. The third-order valence-corrected chi connectivity index (χ3v) is 10.4. The summed E-state index contributed by atoms with van der Waals surface area (Å²) in [6.07, 6.45) is 8.44. The fraction of sp³-hybridized carbons (Fsp3) is 0.316. The number of carbonyl (C=O) groups excluding carboxylic acids is 2. The van der Waals surface area contributed by atoms with Gasteiger partial charge in [0.15, 0.2) is 5.82 Å². The van der Waals surface area contributed by atoms with Crippen molar-refractivity contribution in [1.82, 2.24) is 35.4 Å². The zero-order valence-corrected chi connectivity index (χ0v) is 27.4. The van der Waals surface area contributed by atoms with Crippen LogP contribution in [0.5, 0.6) is 17.4 Å². The van der Waals surface area contributed by atoms with Crippen LogP contribution < -0.4 is 20.1 Å². The van der Waals surface area contributed by atoms with E-state index in [2.05, 4.69) is 90.5 Å². The van der Waals surface area contributed by atoms with Gasteiger partial charge in [-0.25, -0.2) is 0 Å². The van der Waals surface area contributed by atoms with Gasteiger partial charge in [-0.3, -0.25) is 19.8 Å². The summed E-state index contributed by atoms with van der Waals surface area (Å²) in [4.78, 5) is 27.5. The molecule has 1 saturated heterocycles. The summed E-state index contributed by atoms with van der Waals surface area (Å²) in [7, 11) is 0. The number of fused-ring (bicyclic) bond motifs is 1. The summed E-state index contributed by atoms with van der Waals surface area (Å²) in [6, 6.07) is 27.0. The van der Waals surface area contributed by atoms with Crippen LogP contribution in [0.25, 0.3) is 5.82 Å². The molecule has 2 aliphatic heterocycles. The Kier molecular flexibility index (Phi) is 7.53. The molecule has 9 rings (SSSR count). The predicted molar refractivity (Wildman–Crippen MR) is 183 cm³/mol. The minimum atomic E-state index is -0.240. The first-order valence-corrected chi connectivity index (χ1v) is 17.2. The quantitative estimate of drug-likeness (QED) is 0.194. The lowest BCUT2D eigenvalue weighted by Crippen LogP contribution is -2.50. The van der Waals surface area contributed by atoms with E-state index in [-0.39, 0.29) is 29.4 Å². The van der Waals surface area contributed by atoms with Crippen LogP contribution in [0, 0.1) is 0 Å². The molecule has 5 aromatic rings. The first-order chi connectivity index (χ1) is 24.5. The molecule has 4 heterocycles. The van der Waals surface area contributed by atoms with E-state index in [0.29, 0.717) is 36.3 Å². The second-order valence-electron chi connectivity index (χ2n) is 13.7. The average molecular weight is 669 g/mol. The molecule has 1 atom stereocenters. The van der Waals surface area contributed by atoms with Crippen molar-refractivity contribution in [1.29, 1.82) is 0 Å². The maximum atomic E-state index is 12.4. The Morgan fingerprint density at radius 2 is 1.52 bits per heavy atom. The van der Waals surface area contributed by atoms with Gasteiger partial charge in [-0.05, 0) is 84.0 Å². The fourth-order valence-electron chi connectivity index (χ4n) is 7.46. The van der Waals surface area contributed by atoms with Crippen LogP contribution in [0.1, 0.15) is 60.8 Å². The number of imide groups is 1. The van der Waals surface area contributed by atoms with Crippen molar-refractivity contribution in [3.63, 3.8) is 0 Å². The molecule has 0 radical (unpaired) electrons. The summed E-state index contributed by atoms with van der Waals surface area (Å²) < 4.78 is 12.3. The lowest BCUT2D eigenvalue weighted by molar-refractivity contribution is -0.137. The van der Waals surface area contributed by atoms with Crippen molar-refractivity contribution in [3.8, 4) is 23.2 Å². The maximum absolute atomic E-state index is 12.4. The van der Waals surface area contributed by atoms with Crippen molar-refractivity contribution >= 4 is 17.5 Å². The minimum absolute atomic E-state index is 0.0233. The van der Waals surface area contributed by atoms with Crippen molar-refractivity contribution < 1.29 is 19.1 Å². The van der Waals surface area contributed by atoms with Crippen molar-refractivity contribution in [3.05, 3.63) is 114 Å². The molecule has 2 aromatic heterocycles. The third kappa shape index (κ3) is 5.96. The number of benzene rings is 3. The second-order valence-corrected chi connectivity index (χ2v) is 13.7. The van der Waals surface area contributed by atoms with Gasteiger partial charge in [-0.15, -0.1) is 15.0 Å². The Labute approximate surface area is 288 Å². The number of hydrogen-bond acceptors (Lipinski definition) is 10. The highest BCUT2D eigenvalue weighted by Gasteiger charge is 2.45. The molecule has 50 heavy (non-hydrogen) atoms. The predicted octanol–water partition coefficient (Wildman–Crippen LogP) is 5.07. The number of hydrogen-bond donors (Lipinski definition) is 2. The minimum Gasteiger partial charge on any atom is -0.490 e. The number of carbonyl (C=O) groups is 2. The molecule has 2 aliphatic carbocycles. The Morgan fingerprint density at radius 3 is 2.20 bits per heavy atom. The zero-order chi connectivity index (χ0) is 33.7. The summed E-state index contributed by atoms with van der Waals surface area (Å²) in [5, 5.41) is 22.6. The van der Waals surface area contributed by atoms with Crippen LogP contribution in [-0.4, -0.2) is 60.1 Å². The number of aromatic nitrogens is 5. The van der Waals surface area contributed by atoms with E-state index >= 15 is 0 Å². The molecule has 12 heteroatoms. The molecular weight excluding hydrogens is 632 g/mol. The van der Waals surface area contributed by atoms with E-state index in [4.69, 9.17) is 9.47 Å². The molecule has 3 aromatic carbocycles. The van der Waals surface area contributed by atoms with E-state index in [1.54, 1.807) is 24.5 Å². The number of nitrogens with one attached hydrogen (secondary N) is 2. The summed E-state index contributed by atoms with van der Waals surface area (Å²) in [5.74, 6) is 2.18. The molecule has 3 fully saturated rings. The average Bonchev–Trinajstić information content (AvgIpc) is 3.52.